The zero-order valence-corrected chi connectivity index (χ0v) is 14.2. The largest absolute Gasteiger partial charge is 0.340 e. The predicted molar refractivity (Wildman–Crippen MR) is 90.9 cm³/mol. The van der Waals surface area contributed by atoms with Crippen LogP contribution in [-0.4, -0.2) is 27.9 Å². The van der Waals surface area contributed by atoms with E-state index in [0.717, 1.165) is 30.4 Å². The summed E-state index contributed by atoms with van der Waals surface area (Å²) in [7, 11) is 2.01. The van der Waals surface area contributed by atoms with E-state index in [4.69, 9.17) is 5.26 Å². The molecule has 1 atom stereocenters. The highest BCUT2D eigenvalue weighted by Gasteiger charge is 2.34. The van der Waals surface area contributed by atoms with Crippen molar-refractivity contribution in [1.29, 1.82) is 5.26 Å². The van der Waals surface area contributed by atoms with Crippen LogP contribution in [0, 0.1) is 22.7 Å². The Labute approximate surface area is 137 Å². The number of nitriles is 1. The van der Waals surface area contributed by atoms with E-state index in [0.29, 0.717) is 11.5 Å². The maximum absolute atomic E-state index is 8.91. The second-order valence-electron chi connectivity index (χ2n) is 7.17. The molecule has 1 fully saturated rings. The van der Waals surface area contributed by atoms with E-state index in [2.05, 4.69) is 41.9 Å². The van der Waals surface area contributed by atoms with E-state index >= 15 is 0 Å². The molecule has 0 amide bonds. The first kappa shape index (κ1) is 15.5. The van der Waals surface area contributed by atoms with Gasteiger partial charge in [0.2, 0.25) is 5.95 Å². The fraction of sp³-hybridized carbons (Fsp3) is 0.500. The summed E-state index contributed by atoms with van der Waals surface area (Å²) in [6.45, 7) is 8.98. The molecule has 5 nitrogen and oxygen atoms in total. The van der Waals surface area contributed by atoms with Crippen molar-refractivity contribution in [1.82, 2.24) is 14.8 Å². The molecule has 3 rings (SSSR count). The van der Waals surface area contributed by atoms with E-state index in [-0.39, 0.29) is 5.41 Å². The molecule has 2 heterocycles. The summed E-state index contributed by atoms with van der Waals surface area (Å²) in [4.78, 5) is 2.33. The van der Waals surface area contributed by atoms with Crippen LogP contribution in [0.2, 0.25) is 0 Å². The summed E-state index contributed by atoms with van der Waals surface area (Å²) < 4.78 is 2.05. The molecule has 0 spiro atoms. The molecule has 0 saturated carbocycles. The number of rotatable bonds is 2. The highest BCUT2D eigenvalue weighted by molar-refractivity contribution is 5.59. The molecule has 1 aromatic carbocycles. The SMILES string of the molecule is CC1CCN(c2nnc(-c3ccc(C#N)cc3)n2C)CC1(C)C. The summed E-state index contributed by atoms with van der Waals surface area (Å²) in [6.07, 6.45) is 1.17. The smallest absolute Gasteiger partial charge is 0.227 e. The van der Waals surface area contributed by atoms with Crippen LogP contribution < -0.4 is 4.90 Å². The number of anilines is 1. The molecule has 2 aromatic rings. The topological polar surface area (TPSA) is 57.7 Å². The maximum atomic E-state index is 8.91. The number of aromatic nitrogens is 3. The van der Waals surface area contributed by atoms with Crippen molar-refractivity contribution >= 4 is 5.95 Å². The monoisotopic (exact) mass is 309 g/mol. The fourth-order valence-corrected chi connectivity index (χ4v) is 3.18. The lowest BCUT2D eigenvalue weighted by Crippen LogP contribution is -2.45. The third-order valence-corrected chi connectivity index (χ3v) is 5.17. The van der Waals surface area contributed by atoms with Gasteiger partial charge in [-0.15, -0.1) is 10.2 Å². The van der Waals surface area contributed by atoms with E-state index in [1.165, 1.54) is 6.42 Å². The molecule has 1 aromatic heterocycles. The highest BCUT2D eigenvalue weighted by atomic mass is 15.4. The number of benzene rings is 1. The van der Waals surface area contributed by atoms with E-state index < -0.39 is 0 Å². The van der Waals surface area contributed by atoms with Crippen LogP contribution >= 0.6 is 0 Å². The fourth-order valence-electron chi connectivity index (χ4n) is 3.18. The second kappa shape index (κ2) is 5.69. The summed E-state index contributed by atoms with van der Waals surface area (Å²) in [5.41, 5.74) is 1.91. The van der Waals surface area contributed by atoms with Crippen molar-refractivity contribution in [3.05, 3.63) is 29.8 Å². The minimum absolute atomic E-state index is 0.277. The third-order valence-electron chi connectivity index (χ3n) is 5.17. The Hall–Kier alpha value is -2.35. The molecule has 5 heteroatoms. The Bertz CT molecular complexity index is 736. The van der Waals surface area contributed by atoms with Gasteiger partial charge in [0.1, 0.15) is 0 Å². The predicted octanol–water partition coefficient (Wildman–Crippen LogP) is 3.23. The van der Waals surface area contributed by atoms with Gasteiger partial charge in [-0.05, 0) is 42.0 Å². The van der Waals surface area contributed by atoms with Crippen LogP contribution in [0.5, 0.6) is 0 Å². The van der Waals surface area contributed by atoms with Gasteiger partial charge in [0.25, 0.3) is 0 Å². The van der Waals surface area contributed by atoms with Crippen LogP contribution in [0.4, 0.5) is 5.95 Å². The molecule has 0 aliphatic carbocycles. The molecular formula is C18H23N5. The Kier molecular flexibility index (Phi) is 3.85. The number of piperidine rings is 1. The number of hydrogen-bond acceptors (Lipinski definition) is 4. The maximum Gasteiger partial charge on any atom is 0.227 e. The zero-order valence-electron chi connectivity index (χ0n) is 14.2. The molecule has 23 heavy (non-hydrogen) atoms. The van der Waals surface area contributed by atoms with Crippen LogP contribution in [0.1, 0.15) is 32.8 Å². The van der Waals surface area contributed by atoms with Crippen LogP contribution in [-0.2, 0) is 7.05 Å². The van der Waals surface area contributed by atoms with Crippen LogP contribution in [0.15, 0.2) is 24.3 Å². The average Bonchev–Trinajstić information content (AvgIpc) is 2.92. The molecule has 1 aliphatic heterocycles. The highest BCUT2D eigenvalue weighted by Crippen LogP contribution is 2.36. The Morgan fingerprint density at radius 3 is 2.52 bits per heavy atom. The Morgan fingerprint density at radius 2 is 1.91 bits per heavy atom. The summed E-state index contributed by atoms with van der Waals surface area (Å²) in [6, 6.07) is 9.62. The van der Waals surface area contributed by atoms with Gasteiger partial charge in [0.15, 0.2) is 5.82 Å². The molecule has 1 aliphatic rings. The van der Waals surface area contributed by atoms with Crippen molar-refractivity contribution in [3.8, 4) is 17.5 Å². The first-order valence-corrected chi connectivity index (χ1v) is 8.07. The first-order chi connectivity index (χ1) is 10.9. The lowest BCUT2D eigenvalue weighted by atomic mass is 9.75. The number of hydrogen-bond donors (Lipinski definition) is 0. The van der Waals surface area contributed by atoms with E-state index in [1.807, 2.05) is 35.9 Å². The van der Waals surface area contributed by atoms with Crippen molar-refractivity contribution in [2.75, 3.05) is 18.0 Å². The lowest BCUT2D eigenvalue weighted by Gasteiger charge is -2.43. The Morgan fingerprint density at radius 1 is 1.22 bits per heavy atom. The van der Waals surface area contributed by atoms with Gasteiger partial charge in [-0.3, -0.25) is 4.57 Å². The van der Waals surface area contributed by atoms with E-state index in [9.17, 15) is 0 Å². The van der Waals surface area contributed by atoms with Gasteiger partial charge in [0, 0.05) is 25.7 Å². The molecule has 0 radical (unpaired) electrons. The summed E-state index contributed by atoms with van der Waals surface area (Å²) >= 11 is 0. The average molecular weight is 309 g/mol. The zero-order chi connectivity index (χ0) is 16.6. The standard InChI is InChI=1S/C18H23N5/c1-13-9-10-23(12-18(13,2)3)17-21-20-16(22(17)4)15-7-5-14(11-19)6-8-15/h5-8,13H,9-10,12H2,1-4H3. The lowest BCUT2D eigenvalue weighted by molar-refractivity contribution is 0.192. The van der Waals surface area contributed by atoms with Gasteiger partial charge in [0.05, 0.1) is 11.6 Å². The van der Waals surface area contributed by atoms with Crippen molar-refractivity contribution in [2.45, 2.75) is 27.2 Å². The Balaban J connectivity index is 1.89. The molecule has 120 valence electrons. The summed E-state index contributed by atoms with van der Waals surface area (Å²) in [5.74, 6) is 2.47. The van der Waals surface area contributed by atoms with Gasteiger partial charge in [-0.2, -0.15) is 5.26 Å². The summed E-state index contributed by atoms with van der Waals surface area (Å²) in [5, 5.41) is 17.7. The molecule has 0 N–H and O–H groups in total. The normalized spacial score (nSPS) is 20.3. The van der Waals surface area contributed by atoms with E-state index in [1.54, 1.807) is 0 Å². The van der Waals surface area contributed by atoms with Crippen LogP contribution in [0.3, 0.4) is 0 Å². The van der Waals surface area contributed by atoms with Gasteiger partial charge >= 0.3 is 0 Å². The minimum atomic E-state index is 0.277. The molecule has 1 saturated heterocycles. The van der Waals surface area contributed by atoms with Crippen LogP contribution in [0.25, 0.3) is 11.4 Å². The third kappa shape index (κ3) is 2.81. The minimum Gasteiger partial charge on any atom is -0.340 e. The van der Waals surface area contributed by atoms with Gasteiger partial charge < -0.3 is 4.90 Å². The van der Waals surface area contributed by atoms with Crippen molar-refractivity contribution in [2.24, 2.45) is 18.4 Å². The van der Waals surface area contributed by atoms with Crippen molar-refractivity contribution < 1.29 is 0 Å². The van der Waals surface area contributed by atoms with Crippen molar-refractivity contribution in [3.63, 3.8) is 0 Å². The molecule has 1 unspecified atom stereocenters. The number of nitrogens with zero attached hydrogens (tertiary/aromatic N) is 5. The molecular weight excluding hydrogens is 286 g/mol. The van der Waals surface area contributed by atoms with Gasteiger partial charge in [-0.1, -0.05) is 20.8 Å². The first-order valence-electron chi connectivity index (χ1n) is 8.07. The molecule has 0 bridgehead atoms. The quantitative estimate of drug-likeness (QED) is 0.854. The van der Waals surface area contributed by atoms with Gasteiger partial charge in [-0.25, -0.2) is 0 Å². The second-order valence-corrected chi connectivity index (χ2v) is 7.17.